The van der Waals surface area contributed by atoms with Gasteiger partial charge in [0.2, 0.25) is 0 Å². The largest absolute Gasteiger partial charge is 0.497 e. The minimum Gasteiger partial charge on any atom is -0.497 e. The molecular formula is C40H36Br2N2O4. The quantitative estimate of drug-likeness (QED) is 0.138. The molecule has 3 unspecified atom stereocenters. The summed E-state index contributed by atoms with van der Waals surface area (Å²) in [5, 5.41) is 2.28. The number of ketones is 2. The summed E-state index contributed by atoms with van der Waals surface area (Å²) < 4.78 is 17.2. The standard InChI is InChI=1S/C40H36Br2N2O4/c1-43-22-34(30-19-25(41)9-16-35(30)43)31-21-32(40(46)24-7-13-28(48-4)14-8-24)29(15-18-37(45)23-5-11-27(47-3)12-6-23)38-33-20-26(42)10-17-36(33)44(2)39(31)38/h5-14,16-17,19-20,22,29,31-32H,15,18,21H2,1-4H3. The Labute approximate surface area is 296 Å². The third-order valence-corrected chi connectivity index (χ3v) is 11.1. The summed E-state index contributed by atoms with van der Waals surface area (Å²) in [4.78, 5) is 28.4. The number of hydrogen-bond donors (Lipinski definition) is 0. The van der Waals surface area contributed by atoms with E-state index in [-0.39, 0.29) is 29.3 Å². The lowest BCUT2D eigenvalue weighted by molar-refractivity contribution is 0.0862. The lowest BCUT2D eigenvalue weighted by Crippen LogP contribution is -2.31. The zero-order valence-corrected chi connectivity index (χ0v) is 30.5. The molecule has 0 radical (unpaired) electrons. The summed E-state index contributed by atoms with van der Waals surface area (Å²) in [5.41, 5.74) is 7.10. The second kappa shape index (κ2) is 13.1. The van der Waals surface area contributed by atoms with Crippen molar-refractivity contribution in [3.63, 3.8) is 0 Å². The Bertz CT molecular complexity index is 2180. The fourth-order valence-electron chi connectivity index (χ4n) is 7.77. The van der Waals surface area contributed by atoms with Gasteiger partial charge in [-0.3, -0.25) is 9.59 Å². The summed E-state index contributed by atoms with van der Waals surface area (Å²) in [6.07, 6.45) is 3.71. The van der Waals surface area contributed by atoms with Gasteiger partial charge in [0, 0.05) is 86.1 Å². The third-order valence-electron chi connectivity index (χ3n) is 10.1. The lowest BCUT2D eigenvalue weighted by atomic mass is 9.66. The number of methoxy groups -OCH3 is 2. The van der Waals surface area contributed by atoms with Crippen LogP contribution < -0.4 is 9.47 Å². The van der Waals surface area contributed by atoms with Gasteiger partial charge in [-0.1, -0.05) is 31.9 Å². The van der Waals surface area contributed by atoms with Gasteiger partial charge in [0.15, 0.2) is 11.6 Å². The van der Waals surface area contributed by atoms with Crippen molar-refractivity contribution in [3.05, 3.63) is 128 Å². The Morgan fingerprint density at radius 1 is 0.771 bits per heavy atom. The van der Waals surface area contributed by atoms with Crippen LogP contribution in [0.4, 0.5) is 0 Å². The van der Waals surface area contributed by atoms with Crippen LogP contribution in [0.2, 0.25) is 0 Å². The Morgan fingerprint density at radius 2 is 1.35 bits per heavy atom. The number of rotatable bonds is 9. The van der Waals surface area contributed by atoms with Crippen molar-refractivity contribution < 1.29 is 19.1 Å². The second-order valence-corrected chi connectivity index (χ2v) is 14.5. The van der Waals surface area contributed by atoms with Crippen LogP contribution >= 0.6 is 31.9 Å². The van der Waals surface area contributed by atoms with E-state index < -0.39 is 0 Å². The number of ether oxygens (including phenoxy) is 2. The van der Waals surface area contributed by atoms with Crippen LogP contribution in [0.15, 0.2) is 100 Å². The molecule has 0 spiro atoms. The maximum Gasteiger partial charge on any atom is 0.166 e. The molecule has 4 aromatic carbocycles. The average Bonchev–Trinajstić information content (AvgIpc) is 3.59. The van der Waals surface area contributed by atoms with Crippen LogP contribution in [0.25, 0.3) is 21.8 Å². The van der Waals surface area contributed by atoms with Gasteiger partial charge in [-0.15, -0.1) is 0 Å². The first-order chi connectivity index (χ1) is 23.2. The highest BCUT2D eigenvalue weighted by Gasteiger charge is 2.43. The van der Waals surface area contributed by atoms with Gasteiger partial charge in [0.05, 0.1) is 14.2 Å². The number of benzene rings is 4. The number of nitrogens with zero attached hydrogens (tertiary/aromatic N) is 2. The smallest absolute Gasteiger partial charge is 0.166 e. The van der Waals surface area contributed by atoms with E-state index in [1.54, 1.807) is 14.2 Å². The molecule has 0 amide bonds. The van der Waals surface area contributed by atoms with Crippen LogP contribution in [0.3, 0.4) is 0 Å². The number of aromatic nitrogens is 2. The number of aryl methyl sites for hydroxylation is 2. The first kappa shape index (κ1) is 32.4. The summed E-state index contributed by atoms with van der Waals surface area (Å²) in [6, 6.07) is 27.5. The topological polar surface area (TPSA) is 62.5 Å². The molecule has 0 aliphatic heterocycles. The zero-order valence-electron chi connectivity index (χ0n) is 27.3. The first-order valence-corrected chi connectivity index (χ1v) is 17.6. The number of carbonyl (C=O) groups excluding carboxylic acids is 2. The van der Waals surface area contributed by atoms with Gasteiger partial charge >= 0.3 is 0 Å². The molecular weight excluding hydrogens is 732 g/mol. The number of fused-ring (bicyclic) bond motifs is 4. The van der Waals surface area contributed by atoms with E-state index in [0.29, 0.717) is 41.9 Å². The van der Waals surface area contributed by atoms with Crippen molar-refractivity contribution in [3.8, 4) is 11.5 Å². The molecule has 3 atom stereocenters. The van der Waals surface area contributed by atoms with Crippen molar-refractivity contribution in [2.24, 2.45) is 20.0 Å². The van der Waals surface area contributed by atoms with Crippen LogP contribution in [-0.2, 0) is 14.1 Å². The predicted molar refractivity (Wildman–Crippen MR) is 198 cm³/mol. The summed E-state index contributed by atoms with van der Waals surface area (Å²) in [5.74, 6) is 0.980. The van der Waals surface area contributed by atoms with Crippen LogP contribution in [0.5, 0.6) is 11.5 Å². The maximum absolute atomic E-state index is 14.7. The molecule has 0 N–H and O–H groups in total. The third kappa shape index (κ3) is 5.69. The van der Waals surface area contributed by atoms with Gasteiger partial charge in [-0.25, -0.2) is 0 Å². The molecule has 48 heavy (non-hydrogen) atoms. The van der Waals surface area contributed by atoms with Gasteiger partial charge in [-0.05, 0) is 115 Å². The second-order valence-electron chi connectivity index (χ2n) is 12.7. The lowest BCUT2D eigenvalue weighted by Gasteiger charge is -2.37. The summed E-state index contributed by atoms with van der Waals surface area (Å²) in [7, 11) is 7.45. The predicted octanol–water partition coefficient (Wildman–Crippen LogP) is 9.99. The highest BCUT2D eigenvalue weighted by atomic mass is 79.9. The fraction of sp³-hybridized carbons (Fsp3) is 0.250. The molecule has 6 nitrogen and oxygen atoms in total. The molecule has 0 fully saturated rings. The van der Waals surface area contributed by atoms with Gasteiger partial charge in [0.1, 0.15) is 11.5 Å². The molecule has 0 bridgehead atoms. The van der Waals surface area contributed by atoms with E-state index in [9.17, 15) is 9.59 Å². The minimum atomic E-state index is -0.355. The van der Waals surface area contributed by atoms with Gasteiger partial charge in [0.25, 0.3) is 0 Å². The van der Waals surface area contributed by atoms with E-state index in [1.165, 1.54) is 11.3 Å². The number of Topliss-reactive ketones (excluding diaryl/α,β-unsaturated/α-hetero) is 2. The summed E-state index contributed by atoms with van der Waals surface area (Å²) in [6.45, 7) is 0. The zero-order chi connectivity index (χ0) is 33.7. The molecule has 2 heterocycles. The number of carbonyl (C=O) groups is 2. The van der Waals surface area contributed by atoms with Crippen LogP contribution in [0, 0.1) is 5.92 Å². The molecule has 244 valence electrons. The van der Waals surface area contributed by atoms with E-state index in [1.807, 2.05) is 48.5 Å². The van der Waals surface area contributed by atoms with E-state index in [2.05, 4.69) is 97.7 Å². The molecule has 1 aliphatic rings. The first-order valence-electron chi connectivity index (χ1n) is 16.1. The van der Waals surface area contributed by atoms with E-state index >= 15 is 0 Å². The van der Waals surface area contributed by atoms with Gasteiger partial charge in [-0.2, -0.15) is 0 Å². The number of hydrogen-bond acceptors (Lipinski definition) is 4. The summed E-state index contributed by atoms with van der Waals surface area (Å²) >= 11 is 7.44. The maximum atomic E-state index is 14.7. The Hall–Kier alpha value is -4.14. The normalized spacial score (nSPS) is 17.4. The molecule has 6 aromatic rings. The van der Waals surface area contributed by atoms with Crippen molar-refractivity contribution in [1.82, 2.24) is 9.13 Å². The van der Waals surface area contributed by atoms with E-state index in [0.717, 1.165) is 36.3 Å². The minimum absolute atomic E-state index is 0.0464. The highest BCUT2D eigenvalue weighted by Crippen LogP contribution is 2.53. The van der Waals surface area contributed by atoms with Crippen molar-refractivity contribution in [1.29, 1.82) is 0 Å². The highest BCUT2D eigenvalue weighted by molar-refractivity contribution is 9.10. The Morgan fingerprint density at radius 3 is 1.98 bits per heavy atom. The fourth-order valence-corrected chi connectivity index (χ4v) is 8.49. The SMILES string of the molecule is COc1ccc(C(=O)CCC2c3c(n(C)c4ccc(Br)cc34)C(c3cn(C)c4ccc(Br)cc34)CC2C(=O)c2ccc(OC)cc2)cc1. The van der Waals surface area contributed by atoms with Crippen LogP contribution in [-0.4, -0.2) is 34.9 Å². The molecule has 2 aromatic heterocycles. The van der Waals surface area contributed by atoms with Gasteiger partial charge < -0.3 is 18.6 Å². The monoisotopic (exact) mass is 766 g/mol. The molecule has 0 saturated heterocycles. The molecule has 8 heteroatoms. The van der Waals surface area contributed by atoms with Crippen molar-refractivity contribution in [2.45, 2.75) is 31.1 Å². The average molecular weight is 769 g/mol. The Balaban J connectivity index is 1.41. The van der Waals surface area contributed by atoms with Crippen molar-refractivity contribution in [2.75, 3.05) is 14.2 Å². The number of halogens is 2. The molecule has 7 rings (SSSR count). The molecule has 0 saturated carbocycles. The Kier molecular flexibility index (Phi) is 8.81. The van der Waals surface area contributed by atoms with Crippen LogP contribution in [0.1, 0.15) is 68.6 Å². The van der Waals surface area contributed by atoms with E-state index in [4.69, 9.17) is 9.47 Å². The molecule has 1 aliphatic carbocycles. The van der Waals surface area contributed by atoms with Crippen molar-refractivity contribution >= 4 is 65.2 Å².